The Morgan fingerprint density at radius 1 is 1.36 bits per heavy atom. The van der Waals surface area contributed by atoms with Crippen molar-refractivity contribution in [2.45, 2.75) is 42.8 Å². The third kappa shape index (κ3) is 5.75. The van der Waals surface area contributed by atoms with E-state index in [1.54, 1.807) is 6.92 Å². The molecule has 2 aromatic rings. The highest BCUT2D eigenvalue weighted by Crippen LogP contribution is 2.31. The van der Waals surface area contributed by atoms with Gasteiger partial charge in [0, 0.05) is 31.8 Å². The van der Waals surface area contributed by atoms with Crippen LogP contribution in [0.4, 0.5) is 17.3 Å². The Labute approximate surface area is 199 Å². The summed E-state index contributed by atoms with van der Waals surface area (Å²) < 4.78 is 13.3. The number of hydrogen-bond acceptors (Lipinski definition) is 9. The smallest absolute Gasteiger partial charge is 0.271 e. The zero-order valence-electron chi connectivity index (χ0n) is 18.1. The zero-order chi connectivity index (χ0) is 23.4. The molecule has 2 atom stereocenters. The molecule has 33 heavy (non-hydrogen) atoms. The van der Waals surface area contributed by atoms with Gasteiger partial charge >= 0.3 is 0 Å². The van der Waals surface area contributed by atoms with Crippen LogP contribution in [0.2, 0.25) is 5.02 Å². The number of rotatable bonds is 8. The number of nitrogens with one attached hydrogen (secondary N) is 1. The summed E-state index contributed by atoms with van der Waals surface area (Å²) in [5.74, 6) is 0.396. The summed E-state index contributed by atoms with van der Waals surface area (Å²) in [6.07, 6.45) is 2.06. The van der Waals surface area contributed by atoms with Gasteiger partial charge in [0.05, 0.1) is 46.7 Å². The average Bonchev–Trinajstić information content (AvgIpc) is 3.46. The molecule has 11 nitrogen and oxygen atoms in total. The Morgan fingerprint density at radius 3 is 2.85 bits per heavy atom. The van der Waals surface area contributed by atoms with Gasteiger partial charge in [-0.25, -0.2) is 0 Å². The Bertz CT molecular complexity index is 1010. The summed E-state index contributed by atoms with van der Waals surface area (Å²) in [5, 5.41) is 22.8. The fourth-order valence-corrected chi connectivity index (χ4v) is 4.70. The first kappa shape index (κ1) is 23.7. The molecule has 2 unspecified atom stereocenters. The summed E-state index contributed by atoms with van der Waals surface area (Å²) >= 11 is 7.39. The van der Waals surface area contributed by atoms with Crippen molar-refractivity contribution >= 4 is 46.6 Å². The van der Waals surface area contributed by atoms with E-state index in [1.807, 2.05) is 4.57 Å². The number of nitro groups is 1. The van der Waals surface area contributed by atoms with Gasteiger partial charge in [-0.15, -0.1) is 10.2 Å². The van der Waals surface area contributed by atoms with E-state index >= 15 is 0 Å². The number of hydrogen-bond donors (Lipinski definition) is 1. The number of aromatic nitrogens is 3. The Morgan fingerprint density at radius 2 is 2.15 bits per heavy atom. The molecule has 0 spiro atoms. The van der Waals surface area contributed by atoms with Crippen molar-refractivity contribution in [3.8, 4) is 0 Å². The van der Waals surface area contributed by atoms with Gasteiger partial charge < -0.3 is 19.7 Å². The second kappa shape index (κ2) is 10.7. The van der Waals surface area contributed by atoms with E-state index in [-0.39, 0.29) is 28.4 Å². The van der Waals surface area contributed by atoms with Gasteiger partial charge in [0.15, 0.2) is 5.16 Å². The Kier molecular flexibility index (Phi) is 7.68. The molecule has 0 aliphatic carbocycles. The van der Waals surface area contributed by atoms with Gasteiger partial charge in [-0.05, 0) is 25.8 Å². The lowest BCUT2D eigenvalue weighted by atomic mass is 10.2. The quantitative estimate of drug-likeness (QED) is 0.333. The first-order chi connectivity index (χ1) is 15.9. The minimum absolute atomic E-state index is 0.0768. The number of nitro benzene ring substituents is 1. The number of halogens is 1. The first-order valence-electron chi connectivity index (χ1n) is 10.7. The number of carbonyl (C=O) groups is 1. The summed E-state index contributed by atoms with van der Waals surface area (Å²) in [4.78, 5) is 25.5. The molecule has 4 rings (SSSR count). The van der Waals surface area contributed by atoms with E-state index in [4.69, 9.17) is 21.1 Å². The van der Waals surface area contributed by atoms with Crippen LogP contribution in [0.1, 0.15) is 19.8 Å². The maximum Gasteiger partial charge on any atom is 0.271 e. The predicted octanol–water partition coefficient (Wildman–Crippen LogP) is 2.97. The Balaban J connectivity index is 1.50. The minimum atomic E-state index is -0.551. The number of benzene rings is 1. The van der Waals surface area contributed by atoms with E-state index in [0.717, 1.165) is 38.5 Å². The number of anilines is 2. The second-order valence-electron chi connectivity index (χ2n) is 7.80. The minimum Gasteiger partial charge on any atom is -0.378 e. The largest absolute Gasteiger partial charge is 0.378 e. The fourth-order valence-electron chi connectivity index (χ4n) is 3.69. The molecule has 2 fully saturated rings. The van der Waals surface area contributed by atoms with E-state index in [0.29, 0.717) is 24.9 Å². The van der Waals surface area contributed by atoms with Crippen molar-refractivity contribution in [2.24, 2.45) is 0 Å². The number of morpholine rings is 1. The van der Waals surface area contributed by atoms with Crippen LogP contribution in [0.15, 0.2) is 23.4 Å². The van der Waals surface area contributed by atoms with E-state index in [2.05, 4.69) is 20.4 Å². The molecule has 2 aliphatic rings. The molecular weight excluding hydrogens is 472 g/mol. The second-order valence-corrected chi connectivity index (χ2v) is 9.51. The maximum absolute atomic E-state index is 12.8. The molecule has 1 amide bonds. The van der Waals surface area contributed by atoms with Crippen LogP contribution in [-0.4, -0.2) is 69.9 Å². The van der Waals surface area contributed by atoms with Crippen LogP contribution in [0.25, 0.3) is 0 Å². The summed E-state index contributed by atoms with van der Waals surface area (Å²) in [6, 6.07) is 3.92. The van der Waals surface area contributed by atoms with Gasteiger partial charge in [-0.1, -0.05) is 23.4 Å². The van der Waals surface area contributed by atoms with Gasteiger partial charge in [-0.3, -0.25) is 19.5 Å². The molecule has 2 saturated heterocycles. The van der Waals surface area contributed by atoms with Crippen LogP contribution in [0, 0.1) is 10.1 Å². The normalized spacial score (nSPS) is 19.5. The first-order valence-corrected chi connectivity index (χ1v) is 12.0. The summed E-state index contributed by atoms with van der Waals surface area (Å²) in [6.45, 7) is 5.77. The SMILES string of the molecule is CC(Sc1nnc(N2CCOCC2)n1CC1CCCO1)C(=O)Nc1cc([N+](=O)[O-])ccc1Cl. The van der Waals surface area contributed by atoms with E-state index in [1.165, 1.54) is 30.0 Å². The lowest BCUT2D eigenvalue weighted by Gasteiger charge is -2.28. The van der Waals surface area contributed by atoms with Crippen molar-refractivity contribution < 1.29 is 19.2 Å². The summed E-state index contributed by atoms with van der Waals surface area (Å²) in [5.41, 5.74) is 0.0413. The molecule has 1 aromatic heterocycles. The molecule has 1 N–H and O–H groups in total. The molecule has 0 radical (unpaired) electrons. The molecule has 13 heteroatoms. The number of amides is 1. The molecule has 2 aliphatic heterocycles. The molecule has 3 heterocycles. The highest BCUT2D eigenvalue weighted by Gasteiger charge is 2.27. The number of ether oxygens (including phenoxy) is 2. The average molecular weight is 497 g/mol. The number of non-ortho nitro benzene ring substituents is 1. The third-order valence-electron chi connectivity index (χ3n) is 5.47. The van der Waals surface area contributed by atoms with Gasteiger partial charge in [0.1, 0.15) is 0 Å². The third-order valence-corrected chi connectivity index (χ3v) is 6.88. The summed E-state index contributed by atoms with van der Waals surface area (Å²) in [7, 11) is 0. The molecular formula is C20H25ClN6O5S. The van der Waals surface area contributed by atoms with Gasteiger partial charge in [0.2, 0.25) is 11.9 Å². The van der Waals surface area contributed by atoms with Crippen LogP contribution in [0.5, 0.6) is 0 Å². The lowest BCUT2D eigenvalue weighted by molar-refractivity contribution is -0.384. The monoisotopic (exact) mass is 496 g/mol. The van der Waals surface area contributed by atoms with Crippen molar-refractivity contribution in [1.82, 2.24) is 14.8 Å². The number of thioether (sulfide) groups is 1. The zero-order valence-corrected chi connectivity index (χ0v) is 19.7. The Hall–Kier alpha value is -2.41. The fraction of sp³-hybridized carbons (Fsp3) is 0.550. The topological polar surface area (TPSA) is 125 Å². The van der Waals surface area contributed by atoms with Crippen molar-refractivity contribution in [1.29, 1.82) is 0 Å². The number of nitrogens with zero attached hydrogens (tertiary/aromatic N) is 5. The lowest BCUT2D eigenvalue weighted by Crippen LogP contribution is -2.38. The molecule has 178 valence electrons. The van der Waals surface area contributed by atoms with Crippen LogP contribution >= 0.6 is 23.4 Å². The van der Waals surface area contributed by atoms with Crippen LogP contribution in [-0.2, 0) is 20.8 Å². The van der Waals surface area contributed by atoms with Gasteiger partial charge in [0.25, 0.3) is 5.69 Å². The molecule has 0 saturated carbocycles. The van der Waals surface area contributed by atoms with Crippen molar-refractivity contribution in [2.75, 3.05) is 43.1 Å². The standard InChI is InChI=1S/C20H25ClN6O5S/c1-13(18(28)22-17-11-14(27(29)30)4-5-16(17)21)33-20-24-23-19(25-6-9-31-10-7-25)26(20)12-15-3-2-8-32-15/h4-5,11,13,15H,2-3,6-10,12H2,1H3,(H,22,28). The highest BCUT2D eigenvalue weighted by atomic mass is 35.5. The maximum atomic E-state index is 12.8. The van der Waals surface area contributed by atoms with Crippen molar-refractivity contribution in [3.63, 3.8) is 0 Å². The van der Waals surface area contributed by atoms with E-state index < -0.39 is 10.2 Å². The van der Waals surface area contributed by atoms with Crippen LogP contribution in [0.3, 0.4) is 0 Å². The number of carbonyl (C=O) groups excluding carboxylic acids is 1. The van der Waals surface area contributed by atoms with E-state index in [9.17, 15) is 14.9 Å². The molecule has 1 aromatic carbocycles. The predicted molar refractivity (Wildman–Crippen MR) is 124 cm³/mol. The highest BCUT2D eigenvalue weighted by molar-refractivity contribution is 8.00. The van der Waals surface area contributed by atoms with Gasteiger partial charge in [-0.2, -0.15) is 0 Å². The molecule has 0 bridgehead atoms. The van der Waals surface area contributed by atoms with Crippen LogP contribution < -0.4 is 10.2 Å². The van der Waals surface area contributed by atoms with Crippen molar-refractivity contribution in [3.05, 3.63) is 33.3 Å².